The molecule has 0 saturated heterocycles. The van der Waals surface area contributed by atoms with Gasteiger partial charge in [0.05, 0.1) is 0 Å². The Morgan fingerprint density at radius 1 is 1.67 bits per heavy atom. The molecule has 0 saturated carbocycles. The second kappa shape index (κ2) is 5.72. The third-order valence-electron chi connectivity index (χ3n) is 1.03. The van der Waals surface area contributed by atoms with Gasteiger partial charge in [-0.15, -0.1) is 0 Å². The number of nitrogens with zero attached hydrogens (tertiary/aromatic N) is 1. The quantitative estimate of drug-likeness (QED) is 0.490. The van der Waals surface area contributed by atoms with E-state index in [-0.39, 0.29) is 58.2 Å². The minimum atomic E-state index is 0. The average molecular weight is 192 g/mol. The molecule has 1 rings (SSSR count). The average Bonchev–Trinajstić information content (AvgIpc) is 1.90. The Kier molecular flexibility index (Phi) is 6.33. The van der Waals surface area contributed by atoms with Crippen molar-refractivity contribution in [2.45, 2.75) is 13.3 Å². The Labute approximate surface area is 105 Å². The van der Waals surface area contributed by atoms with E-state index < -0.39 is 0 Å². The van der Waals surface area contributed by atoms with Crippen molar-refractivity contribution < 1.29 is 58.2 Å². The van der Waals surface area contributed by atoms with Crippen LogP contribution in [0.25, 0.3) is 0 Å². The van der Waals surface area contributed by atoms with Gasteiger partial charge in [0.2, 0.25) is 0 Å². The maximum absolute atomic E-state index is 3.97. The van der Waals surface area contributed by atoms with Crippen LogP contribution in [-0.4, -0.2) is 4.98 Å². The van der Waals surface area contributed by atoms with Gasteiger partial charge < -0.3 is 4.98 Å². The fraction of sp³-hybridized carbons (Fsp3) is 0.286. The zero-order valence-electron chi connectivity index (χ0n) is 5.89. The summed E-state index contributed by atoms with van der Waals surface area (Å²) in [6.45, 7) is 2.08. The predicted molar refractivity (Wildman–Crippen MR) is 32.5 cm³/mol. The van der Waals surface area contributed by atoms with E-state index in [1.807, 2.05) is 12.1 Å². The van der Waals surface area contributed by atoms with Crippen LogP contribution < -0.4 is 58.2 Å². The summed E-state index contributed by atoms with van der Waals surface area (Å²) >= 11 is 0. The van der Waals surface area contributed by atoms with E-state index in [0.29, 0.717) is 0 Å². The van der Waals surface area contributed by atoms with Crippen molar-refractivity contribution in [2.24, 2.45) is 0 Å². The molecule has 0 amide bonds. The van der Waals surface area contributed by atoms with E-state index in [1.54, 1.807) is 6.07 Å². The third kappa shape index (κ3) is 3.61. The monoisotopic (exact) mass is 191 g/mol. The van der Waals surface area contributed by atoms with Gasteiger partial charge in [0.25, 0.3) is 0 Å². The van der Waals surface area contributed by atoms with E-state index in [1.165, 1.54) is 0 Å². The van der Waals surface area contributed by atoms with Crippen LogP contribution in [-0.2, 0) is 6.42 Å². The molecule has 0 N–H and O–H groups in total. The summed E-state index contributed by atoms with van der Waals surface area (Å²) in [7, 11) is 0. The fourth-order valence-corrected chi connectivity index (χ4v) is 0.557. The normalized spacial score (nSPS) is 8.11. The van der Waals surface area contributed by atoms with Crippen LogP contribution in [0, 0.1) is 6.20 Å². The van der Waals surface area contributed by atoms with E-state index in [0.717, 1.165) is 12.1 Å². The van der Waals surface area contributed by atoms with Gasteiger partial charge in [-0.1, -0.05) is 25.2 Å². The molecule has 0 aliphatic carbocycles. The van der Waals surface area contributed by atoms with Gasteiger partial charge in [-0.25, -0.2) is 0 Å². The standard InChI is InChI=1S/C7H8N.Rb/c1-2-7-5-3-4-6-8-7;/h3-5H,2H2,1H3;/q-1;+1. The molecule has 0 aliphatic heterocycles. The van der Waals surface area contributed by atoms with Gasteiger partial charge in [0, 0.05) is 0 Å². The van der Waals surface area contributed by atoms with Crippen molar-refractivity contribution in [2.75, 3.05) is 0 Å². The topological polar surface area (TPSA) is 12.9 Å². The van der Waals surface area contributed by atoms with Crippen molar-refractivity contribution in [3.8, 4) is 0 Å². The molecule has 1 nitrogen and oxygen atoms in total. The number of hydrogen-bond donors (Lipinski definition) is 0. The molecule has 1 heterocycles. The molecular weight excluding hydrogens is 184 g/mol. The minimum Gasteiger partial charge on any atom is -0.391 e. The first-order valence-electron chi connectivity index (χ1n) is 2.75. The van der Waals surface area contributed by atoms with Gasteiger partial charge in [-0.2, -0.15) is 18.2 Å². The summed E-state index contributed by atoms with van der Waals surface area (Å²) in [5.41, 5.74) is 1.10. The summed E-state index contributed by atoms with van der Waals surface area (Å²) < 4.78 is 0. The Morgan fingerprint density at radius 3 is 2.78 bits per heavy atom. The molecular formula is C7H8NRb. The van der Waals surface area contributed by atoms with E-state index >= 15 is 0 Å². The first kappa shape index (κ1) is 9.96. The third-order valence-corrected chi connectivity index (χ3v) is 1.03. The van der Waals surface area contributed by atoms with Crippen LogP contribution in [0.5, 0.6) is 0 Å². The van der Waals surface area contributed by atoms with Crippen molar-refractivity contribution in [1.29, 1.82) is 0 Å². The van der Waals surface area contributed by atoms with Crippen LogP contribution in [0.1, 0.15) is 12.6 Å². The van der Waals surface area contributed by atoms with Crippen molar-refractivity contribution in [3.05, 3.63) is 30.1 Å². The summed E-state index contributed by atoms with van der Waals surface area (Å²) in [5.74, 6) is 0. The number of hydrogen-bond acceptors (Lipinski definition) is 1. The van der Waals surface area contributed by atoms with Gasteiger partial charge in [-0.3, -0.25) is 0 Å². The Bertz CT molecular complexity index is 150. The molecule has 0 unspecified atom stereocenters. The van der Waals surface area contributed by atoms with Crippen LogP contribution in [0.3, 0.4) is 0 Å². The number of aromatic nitrogens is 1. The van der Waals surface area contributed by atoms with Crippen LogP contribution >= 0.6 is 0 Å². The molecule has 0 atom stereocenters. The summed E-state index contributed by atoms with van der Waals surface area (Å²) in [4.78, 5) is 3.97. The van der Waals surface area contributed by atoms with Gasteiger partial charge in [0.1, 0.15) is 0 Å². The van der Waals surface area contributed by atoms with Crippen molar-refractivity contribution in [3.63, 3.8) is 0 Å². The largest absolute Gasteiger partial charge is 1.00 e. The molecule has 0 aromatic carbocycles. The smallest absolute Gasteiger partial charge is 0.391 e. The number of aryl methyl sites for hydroxylation is 1. The number of pyridine rings is 1. The Morgan fingerprint density at radius 2 is 2.44 bits per heavy atom. The second-order valence-electron chi connectivity index (χ2n) is 1.61. The summed E-state index contributed by atoms with van der Waals surface area (Å²) in [6.07, 6.45) is 3.76. The molecule has 0 fully saturated rings. The maximum atomic E-state index is 3.97. The van der Waals surface area contributed by atoms with Crippen LogP contribution in [0.15, 0.2) is 18.2 Å². The minimum absolute atomic E-state index is 0. The molecule has 0 spiro atoms. The fourth-order valence-electron chi connectivity index (χ4n) is 0.557. The molecule has 42 valence electrons. The molecule has 2 heteroatoms. The Balaban J connectivity index is 0.000000640. The molecule has 0 bridgehead atoms. The van der Waals surface area contributed by atoms with E-state index in [2.05, 4.69) is 18.1 Å². The first-order valence-corrected chi connectivity index (χ1v) is 2.75. The van der Waals surface area contributed by atoms with E-state index in [9.17, 15) is 0 Å². The molecule has 1 aromatic heterocycles. The van der Waals surface area contributed by atoms with Gasteiger partial charge in [-0.05, 0) is 0 Å². The molecule has 0 radical (unpaired) electrons. The van der Waals surface area contributed by atoms with Crippen molar-refractivity contribution in [1.82, 2.24) is 4.98 Å². The number of rotatable bonds is 1. The summed E-state index contributed by atoms with van der Waals surface area (Å²) in [6, 6.07) is 5.75. The van der Waals surface area contributed by atoms with Crippen molar-refractivity contribution >= 4 is 0 Å². The van der Waals surface area contributed by atoms with E-state index in [4.69, 9.17) is 0 Å². The molecule has 9 heavy (non-hydrogen) atoms. The van der Waals surface area contributed by atoms with Crippen LogP contribution in [0.4, 0.5) is 0 Å². The second-order valence-corrected chi connectivity index (χ2v) is 1.61. The SMILES string of the molecule is CCc1ccc[c-]n1.[Rb+]. The predicted octanol–water partition coefficient (Wildman–Crippen LogP) is -1.55. The zero-order valence-corrected chi connectivity index (χ0v) is 10.8. The molecule has 0 aliphatic rings. The van der Waals surface area contributed by atoms with Crippen LogP contribution in [0.2, 0.25) is 0 Å². The van der Waals surface area contributed by atoms with Gasteiger partial charge in [0.15, 0.2) is 0 Å². The zero-order chi connectivity index (χ0) is 5.82. The maximum Gasteiger partial charge on any atom is 1.00 e. The van der Waals surface area contributed by atoms with Gasteiger partial charge >= 0.3 is 58.2 Å². The molecule has 1 aromatic rings. The summed E-state index contributed by atoms with van der Waals surface area (Å²) in [5, 5.41) is 0. The first-order chi connectivity index (χ1) is 3.93. The Hall–Kier alpha value is 0.955.